The Morgan fingerprint density at radius 1 is 0.786 bits per heavy atom. The van der Waals surface area contributed by atoms with Crippen LogP contribution in [0.5, 0.6) is 0 Å². The third-order valence-electron chi connectivity index (χ3n) is 7.84. The van der Waals surface area contributed by atoms with Crippen molar-refractivity contribution in [3.8, 4) is 0 Å². The van der Waals surface area contributed by atoms with E-state index in [1.807, 2.05) is 22.8 Å². The minimum Gasteiger partial charge on any atom is -1.00 e. The number of nitrogens with zero attached hydrogens (tertiary/aromatic N) is 2. The number of rotatable bonds is 7. The molecule has 9 heteroatoms. The highest BCUT2D eigenvalue weighted by atomic mass is 35.5. The molecule has 1 saturated heterocycles. The third-order valence-corrected chi connectivity index (χ3v) is 7.84. The molecular formula is C33H31Cl2FN4O2. The summed E-state index contributed by atoms with van der Waals surface area (Å²) in [7, 11) is 0. The van der Waals surface area contributed by atoms with Crippen molar-refractivity contribution in [2.45, 2.75) is 12.6 Å². The minimum absolute atomic E-state index is 0. The summed E-state index contributed by atoms with van der Waals surface area (Å²) < 4.78 is 15.2. The smallest absolute Gasteiger partial charge is 0.385 e. The largest absolute Gasteiger partial charge is 1.00 e. The van der Waals surface area contributed by atoms with Crippen molar-refractivity contribution in [3.63, 3.8) is 0 Å². The van der Waals surface area contributed by atoms with E-state index in [1.54, 1.807) is 30.6 Å². The van der Waals surface area contributed by atoms with Gasteiger partial charge in [-0.25, -0.2) is 14.2 Å². The zero-order chi connectivity index (χ0) is 27.5. The standard InChI is InChI=1S/C33H29FN4O2.2ClH/c34-27-15-13-24(14-16-27)22-38-23-29(28-12-7-17-35-32(28)38)31(39)33(40)37-20-18-36(19-21-37)30(25-8-3-1-4-9-25)26-10-5-2-6-11-26;;/h1-17,23,30H,18-22H2;2*1H. The van der Waals surface area contributed by atoms with Crippen LogP contribution < -0.4 is 34.6 Å². The fourth-order valence-corrected chi connectivity index (χ4v) is 5.84. The van der Waals surface area contributed by atoms with E-state index in [2.05, 4.69) is 53.5 Å². The quantitative estimate of drug-likeness (QED) is 0.150. The molecule has 1 fully saturated rings. The lowest BCUT2D eigenvalue weighted by Gasteiger charge is -2.34. The summed E-state index contributed by atoms with van der Waals surface area (Å²) in [4.78, 5) is 33.6. The molecule has 0 radical (unpaired) electrons. The second kappa shape index (κ2) is 13.9. The van der Waals surface area contributed by atoms with E-state index in [0.29, 0.717) is 41.1 Å². The normalized spacial score (nSPS) is 16.4. The number of pyridine rings is 1. The number of hydrogen-bond donors (Lipinski definition) is 2. The van der Waals surface area contributed by atoms with Crippen LogP contribution in [-0.4, -0.2) is 47.4 Å². The molecule has 1 amide bonds. The van der Waals surface area contributed by atoms with Gasteiger partial charge in [0.25, 0.3) is 5.78 Å². The van der Waals surface area contributed by atoms with Gasteiger partial charge in [-0.1, -0.05) is 72.8 Å². The number of nitrogens with one attached hydrogen (secondary N) is 2. The van der Waals surface area contributed by atoms with Crippen molar-refractivity contribution >= 4 is 22.7 Å². The fourth-order valence-electron chi connectivity index (χ4n) is 5.84. The number of Topliss-reactive ketones (excluding diaryl/α,β-unsaturated/α-hetero) is 1. The van der Waals surface area contributed by atoms with Gasteiger partial charge in [-0.05, 0) is 29.8 Å². The Kier molecular flexibility index (Phi) is 10.2. The molecule has 2 aromatic heterocycles. The SMILES string of the molecule is O=C(C(=O)[NH+]1CC[NH+](C(c2ccccc2)c2ccccc2)CC1)c1cn(Cc2ccc(F)cc2)c2ncccc12.[Cl-].[Cl-]. The summed E-state index contributed by atoms with van der Waals surface area (Å²) in [6, 6.07) is 31.0. The van der Waals surface area contributed by atoms with Crippen molar-refractivity contribution in [2.75, 3.05) is 26.2 Å². The summed E-state index contributed by atoms with van der Waals surface area (Å²) in [5, 5.41) is 0.653. The van der Waals surface area contributed by atoms with Crippen LogP contribution in [0.15, 0.2) is 109 Å². The number of carbonyl (C=O) groups excluding carboxylic acids is 2. The summed E-state index contributed by atoms with van der Waals surface area (Å²) in [5.41, 5.74) is 4.36. The Labute approximate surface area is 256 Å². The van der Waals surface area contributed by atoms with Gasteiger partial charge in [0.1, 0.15) is 43.7 Å². The Bertz CT molecular complexity index is 1600. The predicted molar refractivity (Wildman–Crippen MR) is 151 cm³/mol. The zero-order valence-electron chi connectivity index (χ0n) is 22.9. The van der Waals surface area contributed by atoms with Gasteiger partial charge in [0, 0.05) is 35.5 Å². The Balaban J connectivity index is 0.00000202. The fraction of sp³-hybridized carbons (Fsp3) is 0.182. The second-order valence-corrected chi connectivity index (χ2v) is 10.3. The van der Waals surface area contributed by atoms with Gasteiger partial charge < -0.3 is 34.3 Å². The molecule has 0 saturated carbocycles. The summed E-state index contributed by atoms with van der Waals surface area (Å²) >= 11 is 0. The molecule has 6 nitrogen and oxygen atoms in total. The molecule has 0 spiro atoms. The van der Waals surface area contributed by atoms with E-state index in [9.17, 15) is 14.0 Å². The lowest BCUT2D eigenvalue weighted by Crippen LogP contribution is -3.29. The van der Waals surface area contributed by atoms with E-state index < -0.39 is 11.7 Å². The average molecular weight is 606 g/mol. The second-order valence-electron chi connectivity index (χ2n) is 10.3. The van der Waals surface area contributed by atoms with Gasteiger partial charge in [0.05, 0.1) is 5.56 Å². The molecule has 5 aromatic rings. The van der Waals surface area contributed by atoms with Crippen molar-refractivity contribution in [1.82, 2.24) is 9.55 Å². The van der Waals surface area contributed by atoms with Crippen molar-refractivity contribution in [1.29, 1.82) is 0 Å². The molecular weight excluding hydrogens is 574 g/mol. The zero-order valence-corrected chi connectivity index (χ0v) is 24.4. The van der Waals surface area contributed by atoms with Crippen molar-refractivity contribution < 1.29 is 48.6 Å². The van der Waals surface area contributed by atoms with E-state index in [1.165, 1.54) is 28.2 Å². The lowest BCUT2D eigenvalue weighted by molar-refractivity contribution is -0.996. The molecule has 1 aliphatic rings. The first-order valence-electron chi connectivity index (χ1n) is 13.6. The number of ketones is 1. The Morgan fingerprint density at radius 2 is 1.38 bits per heavy atom. The molecule has 2 N–H and O–H groups in total. The number of fused-ring (bicyclic) bond motifs is 1. The molecule has 1 aliphatic heterocycles. The van der Waals surface area contributed by atoms with Crippen LogP contribution in [-0.2, 0) is 11.3 Å². The van der Waals surface area contributed by atoms with Gasteiger partial charge in [-0.2, -0.15) is 0 Å². The number of carbonyl (C=O) groups is 2. The first kappa shape index (κ1) is 31.1. The van der Waals surface area contributed by atoms with Crippen LogP contribution in [0.2, 0.25) is 0 Å². The van der Waals surface area contributed by atoms with Crippen LogP contribution in [0.25, 0.3) is 11.0 Å². The van der Waals surface area contributed by atoms with Crippen LogP contribution in [0, 0.1) is 5.82 Å². The van der Waals surface area contributed by atoms with E-state index >= 15 is 0 Å². The monoisotopic (exact) mass is 604 g/mol. The maximum absolute atomic E-state index is 13.6. The Hall–Kier alpha value is -3.88. The molecule has 42 heavy (non-hydrogen) atoms. The molecule has 0 bridgehead atoms. The topological polar surface area (TPSA) is 60.8 Å². The van der Waals surface area contributed by atoms with E-state index in [-0.39, 0.29) is 36.7 Å². The molecule has 0 unspecified atom stereocenters. The molecule has 6 rings (SSSR count). The van der Waals surface area contributed by atoms with E-state index in [0.717, 1.165) is 18.7 Å². The number of hydrogen-bond acceptors (Lipinski definition) is 3. The van der Waals surface area contributed by atoms with E-state index in [4.69, 9.17) is 0 Å². The number of amides is 1. The third kappa shape index (κ3) is 6.45. The van der Waals surface area contributed by atoms with Crippen LogP contribution in [0.1, 0.15) is 33.1 Å². The maximum atomic E-state index is 13.6. The summed E-state index contributed by atoms with van der Waals surface area (Å²) in [5.74, 6) is -1.19. The highest BCUT2D eigenvalue weighted by Crippen LogP contribution is 2.22. The molecule has 0 atom stereocenters. The molecule has 3 aromatic carbocycles. The van der Waals surface area contributed by atoms with Gasteiger partial charge >= 0.3 is 5.91 Å². The summed E-state index contributed by atoms with van der Waals surface area (Å²) in [6.07, 6.45) is 3.38. The van der Waals surface area contributed by atoms with Crippen LogP contribution >= 0.6 is 0 Å². The Morgan fingerprint density at radius 3 is 1.98 bits per heavy atom. The number of halogens is 3. The average Bonchev–Trinajstić information content (AvgIpc) is 3.37. The molecule has 3 heterocycles. The first-order valence-corrected chi connectivity index (χ1v) is 13.6. The molecule has 216 valence electrons. The number of piperazine rings is 1. The van der Waals surface area contributed by atoms with Crippen LogP contribution in [0.4, 0.5) is 4.39 Å². The predicted octanol–water partition coefficient (Wildman–Crippen LogP) is -3.49. The van der Waals surface area contributed by atoms with Gasteiger partial charge in [0.2, 0.25) is 0 Å². The lowest BCUT2D eigenvalue weighted by atomic mass is 9.96. The number of benzene rings is 3. The summed E-state index contributed by atoms with van der Waals surface area (Å²) in [6.45, 7) is 3.14. The van der Waals surface area contributed by atoms with Crippen molar-refractivity contribution in [2.24, 2.45) is 0 Å². The number of quaternary nitrogens is 2. The number of aromatic nitrogens is 2. The molecule has 0 aliphatic carbocycles. The first-order chi connectivity index (χ1) is 19.6. The van der Waals surface area contributed by atoms with Gasteiger partial charge in [-0.15, -0.1) is 0 Å². The minimum atomic E-state index is -0.489. The highest BCUT2D eigenvalue weighted by Gasteiger charge is 2.38. The highest BCUT2D eigenvalue weighted by molar-refractivity contribution is 6.42. The maximum Gasteiger partial charge on any atom is 0.385 e. The van der Waals surface area contributed by atoms with Gasteiger partial charge in [-0.3, -0.25) is 9.69 Å². The van der Waals surface area contributed by atoms with Crippen molar-refractivity contribution in [3.05, 3.63) is 138 Å². The van der Waals surface area contributed by atoms with Crippen LogP contribution in [0.3, 0.4) is 0 Å². The van der Waals surface area contributed by atoms with Gasteiger partial charge in [0.15, 0.2) is 0 Å².